The Morgan fingerprint density at radius 1 is 1.00 bits per heavy atom. The molecule has 0 aromatic heterocycles. The fourth-order valence-electron chi connectivity index (χ4n) is 4.55. The van der Waals surface area contributed by atoms with Crippen LogP contribution in [-0.2, 0) is 9.53 Å². The number of carbonyl (C=O) groups is 4. The van der Waals surface area contributed by atoms with E-state index in [0.717, 1.165) is 23.8 Å². The van der Waals surface area contributed by atoms with E-state index in [0.29, 0.717) is 11.5 Å². The quantitative estimate of drug-likeness (QED) is 0.190. The topological polar surface area (TPSA) is 124 Å². The SMILES string of the molecule is O=C(CCN1C(=O)c2cccc([N+](=O)[O-])c2C1=O)OCC(=O)c1ccc(C2CCCCC2)cc1. The number of imide groups is 1. The van der Waals surface area contributed by atoms with E-state index in [1.165, 1.54) is 37.0 Å². The number of hydrogen-bond donors (Lipinski definition) is 0. The van der Waals surface area contributed by atoms with E-state index < -0.39 is 35.0 Å². The molecule has 34 heavy (non-hydrogen) atoms. The van der Waals surface area contributed by atoms with Crippen molar-refractivity contribution < 1.29 is 28.8 Å². The van der Waals surface area contributed by atoms with Crippen LogP contribution in [0.4, 0.5) is 5.69 Å². The highest BCUT2D eigenvalue weighted by atomic mass is 16.6. The van der Waals surface area contributed by atoms with Gasteiger partial charge in [0.1, 0.15) is 5.56 Å². The van der Waals surface area contributed by atoms with Crippen molar-refractivity contribution in [2.24, 2.45) is 0 Å². The predicted molar refractivity (Wildman–Crippen MR) is 121 cm³/mol. The molecule has 1 aliphatic heterocycles. The third-order valence-corrected chi connectivity index (χ3v) is 6.39. The first-order valence-electron chi connectivity index (χ1n) is 11.3. The first-order valence-corrected chi connectivity index (χ1v) is 11.3. The number of benzene rings is 2. The van der Waals surface area contributed by atoms with Gasteiger partial charge in [0.15, 0.2) is 12.4 Å². The van der Waals surface area contributed by atoms with Gasteiger partial charge in [-0.05, 0) is 30.4 Å². The molecule has 1 saturated carbocycles. The van der Waals surface area contributed by atoms with E-state index in [2.05, 4.69) is 0 Å². The van der Waals surface area contributed by atoms with Crippen LogP contribution in [0.5, 0.6) is 0 Å². The second-order valence-electron chi connectivity index (χ2n) is 8.51. The molecule has 1 heterocycles. The predicted octanol–water partition coefficient (Wildman–Crippen LogP) is 4.05. The standard InChI is InChI=1S/C25H24N2O7/c28-21(18-11-9-17(10-12-18)16-5-2-1-3-6-16)15-34-22(29)13-14-26-24(30)19-7-4-8-20(27(32)33)23(19)25(26)31/h4,7-12,16H,1-3,5-6,13-15H2. The smallest absolute Gasteiger partial charge is 0.308 e. The minimum atomic E-state index is -0.825. The zero-order chi connectivity index (χ0) is 24.2. The summed E-state index contributed by atoms with van der Waals surface area (Å²) in [6, 6.07) is 11.2. The Balaban J connectivity index is 1.28. The van der Waals surface area contributed by atoms with Gasteiger partial charge in [-0.25, -0.2) is 0 Å². The molecular weight excluding hydrogens is 440 g/mol. The summed E-state index contributed by atoms with van der Waals surface area (Å²) in [4.78, 5) is 60.7. The molecule has 1 fully saturated rings. The van der Waals surface area contributed by atoms with Crippen LogP contribution in [0.3, 0.4) is 0 Å². The van der Waals surface area contributed by atoms with Crippen molar-refractivity contribution in [3.63, 3.8) is 0 Å². The Hall–Kier alpha value is -3.88. The molecule has 0 saturated heterocycles. The third kappa shape index (κ3) is 4.73. The third-order valence-electron chi connectivity index (χ3n) is 6.39. The summed E-state index contributed by atoms with van der Waals surface area (Å²) in [7, 11) is 0. The van der Waals surface area contributed by atoms with Gasteiger partial charge in [-0.15, -0.1) is 0 Å². The van der Waals surface area contributed by atoms with Gasteiger partial charge >= 0.3 is 5.97 Å². The molecule has 0 N–H and O–H groups in total. The van der Waals surface area contributed by atoms with Crippen molar-refractivity contribution in [1.29, 1.82) is 0 Å². The first kappa shape index (κ1) is 23.3. The number of nitrogens with zero attached hydrogens (tertiary/aromatic N) is 2. The monoisotopic (exact) mass is 464 g/mol. The van der Waals surface area contributed by atoms with E-state index in [1.54, 1.807) is 12.1 Å². The zero-order valence-corrected chi connectivity index (χ0v) is 18.5. The van der Waals surface area contributed by atoms with Crippen molar-refractivity contribution in [3.05, 3.63) is 74.8 Å². The number of Topliss-reactive ketones (excluding diaryl/α,β-unsaturated/α-hetero) is 1. The highest BCUT2D eigenvalue weighted by Crippen LogP contribution is 2.33. The summed E-state index contributed by atoms with van der Waals surface area (Å²) in [6.07, 6.45) is 5.70. The highest BCUT2D eigenvalue weighted by Gasteiger charge is 2.40. The van der Waals surface area contributed by atoms with E-state index in [1.807, 2.05) is 12.1 Å². The maximum atomic E-state index is 12.5. The summed E-state index contributed by atoms with van der Waals surface area (Å²) in [5.74, 6) is -2.10. The molecule has 2 aromatic rings. The van der Waals surface area contributed by atoms with Gasteiger partial charge in [-0.1, -0.05) is 49.6 Å². The number of carbonyl (C=O) groups excluding carboxylic acids is 4. The molecule has 0 unspecified atom stereocenters. The molecular formula is C25H24N2O7. The average Bonchev–Trinajstić information content (AvgIpc) is 3.11. The molecule has 9 nitrogen and oxygen atoms in total. The molecule has 0 radical (unpaired) electrons. The van der Waals surface area contributed by atoms with Crippen molar-refractivity contribution in [2.45, 2.75) is 44.4 Å². The lowest BCUT2D eigenvalue weighted by molar-refractivity contribution is -0.385. The van der Waals surface area contributed by atoms with E-state index in [9.17, 15) is 29.3 Å². The first-order chi connectivity index (χ1) is 16.4. The van der Waals surface area contributed by atoms with Crippen LogP contribution < -0.4 is 0 Å². The molecule has 1 aliphatic carbocycles. The van der Waals surface area contributed by atoms with Crippen molar-refractivity contribution in [1.82, 2.24) is 4.90 Å². The number of fused-ring (bicyclic) bond motifs is 1. The molecule has 2 amide bonds. The molecule has 0 spiro atoms. The molecule has 0 bridgehead atoms. The number of ether oxygens (including phenoxy) is 1. The molecule has 2 aromatic carbocycles. The molecule has 9 heteroatoms. The largest absolute Gasteiger partial charge is 0.457 e. The summed E-state index contributed by atoms with van der Waals surface area (Å²) in [5.41, 5.74) is 0.854. The minimum absolute atomic E-state index is 0.0700. The van der Waals surface area contributed by atoms with E-state index in [-0.39, 0.29) is 29.9 Å². The normalized spacial score (nSPS) is 15.8. The van der Waals surface area contributed by atoms with Crippen LogP contribution in [0.15, 0.2) is 42.5 Å². The van der Waals surface area contributed by atoms with Gasteiger partial charge < -0.3 is 4.74 Å². The van der Waals surface area contributed by atoms with Crippen LogP contribution in [0.1, 0.15) is 81.1 Å². The second-order valence-corrected chi connectivity index (χ2v) is 8.51. The highest BCUT2D eigenvalue weighted by molar-refractivity contribution is 6.23. The lowest BCUT2D eigenvalue weighted by Crippen LogP contribution is -2.32. The Morgan fingerprint density at radius 2 is 1.71 bits per heavy atom. The fraction of sp³-hybridized carbons (Fsp3) is 0.360. The van der Waals surface area contributed by atoms with Crippen LogP contribution in [0.25, 0.3) is 0 Å². The molecule has 0 atom stereocenters. The lowest BCUT2D eigenvalue weighted by atomic mass is 9.84. The molecule has 2 aliphatic rings. The summed E-state index contributed by atoms with van der Waals surface area (Å²) in [6.45, 7) is -0.748. The number of hydrogen-bond acceptors (Lipinski definition) is 7. The van der Waals surface area contributed by atoms with Crippen LogP contribution in [0, 0.1) is 10.1 Å². The number of ketones is 1. The number of esters is 1. The van der Waals surface area contributed by atoms with Gasteiger partial charge in [-0.3, -0.25) is 34.2 Å². The van der Waals surface area contributed by atoms with Crippen molar-refractivity contribution in [2.75, 3.05) is 13.2 Å². The lowest BCUT2D eigenvalue weighted by Gasteiger charge is -2.22. The van der Waals surface area contributed by atoms with Gasteiger partial charge in [-0.2, -0.15) is 0 Å². The fourth-order valence-corrected chi connectivity index (χ4v) is 4.55. The number of rotatable bonds is 8. The second kappa shape index (κ2) is 9.94. The summed E-state index contributed by atoms with van der Waals surface area (Å²) < 4.78 is 5.03. The van der Waals surface area contributed by atoms with Crippen LogP contribution in [0.2, 0.25) is 0 Å². The van der Waals surface area contributed by atoms with Crippen molar-refractivity contribution in [3.8, 4) is 0 Å². The van der Waals surface area contributed by atoms with Gasteiger partial charge in [0.2, 0.25) is 0 Å². The van der Waals surface area contributed by atoms with Crippen LogP contribution in [-0.4, -0.2) is 46.5 Å². The maximum Gasteiger partial charge on any atom is 0.308 e. The Labute approximate surface area is 195 Å². The van der Waals surface area contributed by atoms with Gasteiger partial charge in [0, 0.05) is 18.2 Å². The Kier molecular flexibility index (Phi) is 6.81. The Morgan fingerprint density at radius 3 is 2.38 bits per heavy atom. The Bertz CT molecular complexity index is 1150. The summed E-state index contributed by atoms with van der Waals surface area (Å²) >= 11 is 0. The number of amides is 2. The maximum absolute atomic E-state index is 12.5. The molecule has 176 valence electrons. The zero-order valence-electron chi connectivity index (χ0n) is 18.5. The average molecular weight is 464 g/mol. The van der Waals surface area contributed by atoms with Crippen molar-refractivity contribution >= 4 is 29.3 Å². The minimum Gasteiger partial charge on any atom is -0.457 e. The number of nitro benzene ring substituents is 1. The molecule has 4 rings (SSSR count). The van der Waals surface area contributed by atoms with Gasteiger partial charge in [0.05, 0.1) is 16.9 Å². The van der Waals surface area contributed by atoms with Crippen LogP contribution >= 0.6 is 0 Å². The van der Waals surface area contributed by atoms with E-state index in [4.69, 9.17) is 4.74 Å². The summed E-state index contributed by atoms with van der Waals surface area (Å²) in [5, 5.41) is 11.2. The number of nitro groups is 1. The van der Waals surface area contributed by atoms with Gasteiger partial charge in [0.25, 0.3) is 17.5 Å². The van der Waals surface area contributed by atoms with E-state index >= 15 is 0 Å².